The van der Waals surface area contributed by atoms with Crippen LogP contribution in [-0.4, -0.2) is 29.0 Å². The highest BCUT2D eigenvalue weighted by Crippen LogP contribution is 2.42. The lowest BCUT2D eigenvalue weighted by Crippen LogP contribution is -2.36. The monoisotopic (exact) mass is 223 g/mol. The number of likely N-dealkylation sites (tertiary alicyclic amines) is 1. The lowest BCUT2D eigenvalue weighted by Gasteiger charge is -2.15. The van der Waals surface area contributed by atoms with E-state index in [0.717, 1.165) is 12.8 Å². The molecule has 0 aromatic rings. The van der Waals surface area contributed by atoms with Gasteiger partial charge in [0.05, 0.1) is 18.4 Å². The number of rotatable bonds is 3. The number of carbonyl (C=O) groups is 3. The largest absolute Gasteiger partial charge is 0.298 e. The molecule has 1 heterocycles. The van der Waals surface area contributed by atoms with Crippen molar-refractivity contribution in [2.75, 3.05) is 6.54 Å². The van der Waals surface area contributed by atoms with Crippen LogP contribution in [0.4, 0.5) is 0 Å². The summed E-state index contributed by atoms with van der Waals surface area (Å²) < 4.78 is 0. The first-order valence-corrected chi connectivity index (χ1v) is 5.91. The van der Waals surface area contributed by atoms with Crippen molar-refractivity contribution in [3.63, 3.8) is 0 Å². The minimum absolute atomic E-state index is 0.0183. The summed E-state index contributed by atoms with van der Waals surface area (Å²) in [6, 6.07) is 0. The highest BCUT2D eigenvalue weighted by molar-refractivity contribution is 6.07. The van der Waals surface area contributed by atoms with E-state index in [1.807, 2.05) is 0 Å². The van der Waals surface area contributed by atoms with E-state index in [1.165, 1.54) is 4.90 Å². The van der Waals surface area contributed by atoms with Crippen LogP contribution < -0.4 is 0 Å². The van der Waals surface area contributed by atoms with Gasteiger partial charge >= 0.3 is 0 Å². The fraction of sp³-hybridized carbons (Fsp3) is 0.750. The second kappa shape index (κ2) is 4.00. The molecule has 2 rings (SSSR count). The van der Waals surface area contributed by atoms with Crippen molar-refractivity contribution in [3.8, 4) is 0 Å². The summed E-state index contributed by atoms with van der Waals surface area (Å²) in [5, 5.41) is 0. The Balaban J connectivity index is 2.11. The molecule has 2 fully saturated rings. The molecule has 1 aliphatic heterocycles. The SMILES string of the molecule is CCC(=O)CN1C(=O)C2CC(C)CC2C1=O. The Morgan fingerprint density at radius 3 is 2.19 bits per heavy atom. The number of hydrogen-bond acceptors (Lipinski definition) is 3. The summed E-state index contributed by atoms with van der Waals surface area (Å²) in [6.07, 6.45) is 1.97. The Labute approximate surface area is 95.0 Å². The van der Waals surface area contributed by atoms with Crippen LogP contribution in [0.1, 0.15) is 33.1 Å². The molecular weight excluding hydrogens is 206 g/mol. The fourth-order valence-corrected chi connectivity index (χ4v) is 2.79. The summed E-state index contributed by atoms with van der Waals surface area (Å²) in [5.41, 5.74) is 0. The zero-order valence-corrected chi connectivity index (χ0v) is 9.73. The van der Waals surface area contributed by atoms with Crippen LogP contribution in [-0.2, 0) is 14.4 Å². The Hall–Kier alpha value is -1.19. The molecule has 0 bridgehead atoms. The molecule has 2 unspecified atom stereocenters. The predicted molar refractivity (Wildman–Crippen MR) is 57.4 cm³/mol. The van der Waals surface area contributed by atoms with E-state index in [9.17, 15) is 14.4 Å². The number of ketones is 1. The smallest absolute Gasteiger partial charge is 0.233 e. The summed E-state index contributed by atoms with van der Waals surface area (Å²) in [4.78, 5) is 36.4. The van der Waals surface area contributed by atoms with Crippen LogP contribution in [0.3, 0.4) is 0 Å². The highest BCUT2D eigenvalue weighted by Gasteiger charge is 2.51. The van der Waals surface area contributed by atoms with Crippen molar-refractivity contribution in [3.05, 3.63) is 0 Å². The zero-order valence-electron chi connectivity index (χ0n) is 9.73. The van der Waals surface area contributed by atoms with Gasteiger partial charge in [-0.15, -0.1) is 0 Å². The first-order chi connectivity index (χ1) is 7.54. The normalized spacial score (nSPS) is 33.4. The number of Topliss-reactive ketones (excluding diaryl/α,β-unsaturated/α-hetero) is 1. The molecule has 4 heteroatoms. The van der Waals surface area contributed by atoms with E-state index in [1.54, 1.807) is 6.92 Å². The Morgan fingerprint density at radius 2 is 1.75 bits per heavy atom. The van der Waals surface area contributed by atoms with E-state index < -0.39 is 0 Å². The van der Waals surface area contributed by atoms with Crippen molar-refractivity contribution in [2.45, 2.75) is 33.1 Å². The fourth-order valence-electron chi connectivity index (χ4n) is 2.79. The lowest BCUT2D eigenvalue weighted by molar-refractivity contribution is -0.143. The first-order valence-electron chi connectivity index (χ1n) is 5.91. The quantitative estimate of drug-likeness (QED) is 0.671. The van der Waals surface area contributed by atoms with E-state index >= 15 is 0 Å². The maximum absolute atomic E-state index is 11.9. The van der Waals surface area contributed by atoms with Crippen LogP contribution in [0, 0.1) is 17.8 Å². The van der Waals surface area contributed by atoms with E-state index in [2.05, 4.69) is 6.92 Å². The molecule has 0 aromatic carbocycles. The maximum atomic E-state index is 11.9. The van der Waals surface area contributed by atoms with Crippen LogP contribution in [0.15, 0.2) is 0 Å². The van der Waals surface area contributed by atoms with E-state index in [0.29, 0.717) is 12.3 Å². The van der Waals surface area contributed by atoms with Gasteiger partial charge in [0.25, 0.3) is 0 Å². The summed E-state index contributed by atoms with van der Waals surface area (Å²) >= 11 is 0. The predicted octanol–water partition coefficient (Wildman–Crippen LogP) is 0.997. The minimum atomic E-state index is -0.146. The zero-order chi connectivity index (χ0) is 11.9. The van der Waals surface area contributed by atoms with Gasteiger partial charge in [0.2, 0.25) is 11.8 Å². The van der Waals surface area contributed by atoms with Gasteiger partial charge < -0.3 is 0 Å². The Bertz CT molecular complexity index is 326. The van der Waals surface area contributed by atoms with Crippen molar-refractivity contribution in [1.82, 2.24) is 4.90 Å². The molecule has 0 N–H and O–H groups in total. The summed E-state index contributed by atoms with van der Waals surface area (Å²) in [6.45, 7) is 3.80. The van der Waals surface area contributed by atoms with Crippen molar-refractivity contribution < 1.29 is 14.4 Å². The maximum Gasteiger partial charge on any atom is 0.233 e. The van der Waals surface area contributed by atoms with Gasteiger partial charge in [0.1, 0.15) is 0 Å². The van der Waals surface area contributed by atoms with Gasteiger partial charge in [-0.2, -0.15) is 0 Å². The Morgan fingerprint density at radius 1 is 1.25 bits per heavy atom. The van der Waals surface area contributed by atoms with Crippen LogP contribution in [0.2, 0.25) is 0 Å². The molecule has 0 spiro atoms. The second-order valence-electron chi connectivity index (χ2n) is 4.94. The molecule has 2 aliphatic rings. The third kappa shape index (κ3) is 1.66. The second-order valence-corrected chi connectivity index (χ2v) is 4.94. The molecule has 1 aliphatic carbocycles. The average Bonchev–Trinajstić information content (AvgIpc) is 2.73. The molecule has 1 saturated heterocycles. The van der Waals surface area contributed by atoms with Gasteiger partial charge in [-0.05, 0) is 18.8 Å². The van der Waals surface area contributed by atoms with Gasteiger partial charge in [-0.25, -0.2) is 0 Å². The van der Waals surface area contributed by atoms with Gasteiger partial charge in [0.15, 0.2) is 5.78 Å². The Kier molecular flexibility index (Phi) is 2.82. The standard InChI is InChI=1S/C12H17NO3/c1-3-8(14)6-13-11(15)9-4-7(2)5-10(9)12(13)16/h7,9-10H,3-6H2,1-2H3. The van der Waals surface area contributed by atoms with Gasteiger partial charge in [0, 0.05) is 6.42 Å². The molecular formula is C12H17NO3. The van der Waals surface area contributed by atoms with Crippen LogP contribution in [0.25, 0.3) is 0 Å². The average molecular weight is 223 g/mol. The van der Waals surface area contributed by atoms with Gasteiger partial charge in [-0.3, -0.25) is 19.3 Å². The molecule has 2 atom stereocenters. The molecule has 0 radical (unpaired) electrons. The molecule has 1 saturated carbocycles. The van der Waals surface area contributed by atoms with Crippen molar-refractivity contribution in [1.29, 1.82) is 0 Å². The van der Waals surface area contributed by atoms with Crippen molar-refractivity contribution in [2.24, 2.45) is 17.8 Å². The molecule has 2 amide bonds. The number of imide groups is 1. The third-order valence-electron chi connectivity index (χ3n) is 3.69. The summed E-state index contributed by atoms with van der Waals surface area (Å²) in [5.74, 6) is -0.136. The number of nitrogens with zero attached hydrogens (tertiary/aromatic N) is 1. The third-order valence-corrected chi connectivity index (χ3v) is 3.69. The topological polar surface area (TPSA) is 54.5 Å². The summed E-state index contributed by atoms with van der Waals surface area (Å²) in [7, 11) is 0. The number of hydrogen-bond donors (Lipinski definition) is 0. The lowest BCUT2D eigenvalue weighted by atomic mass is 10.00. The molecule has 88 valence electrons. The molecule has 4 nitrogen and oxygen atoms in total. The molecule has 16 heavy (non-hydrogen) atoms. The van der Waals surface area contributed by atoms with Crippen LogP contribution in [0.5, 0.6) is 0 Å². The first kappa shape index (κ1) is 11.3. The number of carbonyl (C=O) groups excluding carboxylic acids is 3. The minimum Gasteiger partial charge on any atom is -0.298 e. The molecule has 0 aromatic heterocycles. The van der Waals surface area contributed by atoms with Crippen molar-refractivity contribution >= 4 is 17.6 Å². The van der Waals surface area contributed by atoms with Crippen LogP contribution >= 0.6 is 0 Å². The number of fused-ring (bicyclic) bond motifs is 1. The highest BCUT2D eigenvalue weighted by atomic mass is 16.2. The van der Waals surface area contributed by atoms with E-state index in [4.69, 9.17) is 0 Å². The van der Waals surface area contributed by atoms with Gasteiger partial charge in [-0.1, -0.05) is 13.8 Å². The van der Waals surface area contributed by atoms with E-state index in [-0.39, 0.29) is 36.0 Å². The number of amides is 2.